The molecule has 0 amide bonds. The van der Waals surface area contributed by atoms with Gasteiger partial charge < -0.3 is 9.47 Å². The van der Waals surface area contributed by atoms with E-state index < -0.39 is 0 Å². The van der Waals surface area contributed by atoms with Gasteiger partial charge in [0, 0.05) is 38.7 Å². The van der Waals surface area contributed by atoms with E-state index in [-0.39, 0.29) is 5.41 Å². The molecule has 1 aromatic heterocycles. The van der Waals surface area contributed by atoms with Crippen molar-refractivity contribution in [2.75, 3.05) is 4.90 Å². The van der Waals surface area contributed by atoms with Crippen molar-refractivity contribution < 1.29 is 0 Å². The molecule has 5 aliphatic rings. The number of rotatable bonds is 7. The molecule has 9 aromatic carbocycles. The molecule has 5 aliphatic carbocycles. The van der Waals surface area contributed by atoms with Crippen LogP contribution in [0.5, 0.6) is 0 Å². The molecule has 0 radical (unpaired) electrons. The van der Waals surface area contributed by atoms with Crippen LogP contribution in [0, 0.1) is 23.7 Å². The van der Waals surface area contributed by atoms with Crippen LogP contribution < -0.4 is 4.90 Å². The molecule has 0 N–H and O–H groups in total. The van der Waals surface area contributed by atoms with Crippen LogP contribution in [0.2, 0.25) is 0 Å². The first-order chi connectivity index (χ1) is 33.2. The Morgan fingerprint density at radius 2 is 0.910 bits per heavy atom. The predicted molar refractivity (Wildman–Crippen MR) is 280 cm³/mol. The number of nitrogens with zero attached hydrogens (tertiary/aromatic N) is 2. The molecule has 5 unspecified atom stereocenters. The van der Waals surface area contributed by atoms with Crippen molar-refractivity contribution in [3.8, 4) is 50.2 Å². The Bertz CT molecular complexity index is 3460. The molecule has 5 atom stereocenters. The highest BCUT2D eigenvalue weighted by Crippen LogP contribution is 2.69. The first-order valence-corrected chi connectivity index (χ1v) is 24.7. The fourth-order valence-corrected chi connectivity index (χ4v) is 14.3. The van der Waals surface area contributed by atoms with Gasteiger partial charge in [-0.15, -0.1) is 0 Å². The number of aromatic nitrogens is 1. The summed E-state index contributed by atoms with van der Waals surface area (Å²) >= 11 is 0. The average Bonchev–Trinajstić information content (AvgIpc) is 3.80. The number of para-hydroxylation sites is 3. The smallest absolute Gasteiger partial charge is 0.0543 e. The van der Waals surface area contributed by atoms with Crippen LogP contribution in [-0.2, 0) is 5.41 Å². The topological polar surface area (TPSA) is 8.17 Å². The van der Waals surface area contributed by atoms with Crippen molar-refractivity contribution in [2.24, 2.45) is 23.7 Å². The molecule has 4 bridgehead atoms. The van der Waals surface area contributed by atoms with Gasteiger partial charge in [0.05, 0.1) is 22.4 Å². The highest BCUT2D eigenvalue weighted by molar-refractivity contribution is 6.09. The standard InChI is InChI=1S/C65H52N2/c1-2-17-45(18-3-1)50-19-4-5-20-51(50)52-21-6-7-22-53(52)54-23-9-13-29-60(54)67(49-37-35-48(36-38-49)66-61-30-14-10-24-55(61)56-25-11-15-31-62(56)66)63-32-16-28-59-64(63)57-26-8-12-27-58(57)65(59)46-34-33-43-39-44(41-46)42-47(65)40-43/h1-32,35-38,43-44,46-47H,33-34,39-42H2. The van der Waals surface area contributed by atoms with Gasteiger partial charge in [0.2, 0.25) is 0 Å². The van der Waals surface area contributed by atoms with E-state index in [0.717, 1.165) is 23.2 Å². The molecule has 10 aromatic rings. The van der Waals surface area contributed by atoms with Crippen molar-refractivity contribution in [3.63, 3.8) is 0 Å². The van der Waals surface area contributed by atoms with Crippen molar-refractivity contribution in [3.05, 3.63) is 230 Å². The van der Waals surface area contributed by atoms with E-state index in [1.165, 1.54) is 116 Å². The van der Waals surface area contributed by atoms with Gasteiger partial charge in [-0.1, -0.05) is 176 Å². The Labute approximate surface area is 393 Å². The molecule has 4 fully saturated rings. The van der Waals surface area contributed by atoms with Gasteiger partial charge in [-0.3, -0.25) is 0 Å². The van der Waals surface area contributed by atoms with E-state index in [1.54, 1.807) is 11.1 Å². The van der Waals surface area contributed by atoms with E-state index in [0.29, 0.717) is 11.8 Å². The van der Waals surface area contributed by atoms with E-state index in [1.807, 2.05) is 0 Å². The molecule has 1 heterocycles. The monoisotopic (exact) mass is 860 g/mol. The quantitative estimate of drug-likeness (QED) is 0.155. The van der Waals surface area contributed by atoms with E-state index >= 15 is 0 Å². The minimum atomic E-state index is 0.0485. The number of hydrogen-bond donors (Lipinski definition) is 0. The molecular weight excluding hydrogens is 809 g/mol. The van der Waals surface area contributed by atoms with Crippen LogP contribution in [0.25, 0.3) is 72.0 Å². The largest absolute Gasteiger partial charge is 0.309 e. The lowest BCUT2D eigenvalue weighted by Crippen LogP contribution is -2.48. The van der Waals surface area contributed by atoms with Crippen molar-refractivity contribution in [1.82, 2.24) is 4.57 Å². The Morgan fingerprint density at radius 3 is 1.66 bits per heavy atom. The van der Waals surface area contributed by atoms with Crippen molar-refractivity contribution in [2.45, 2.75) is 43.9 Å². The van der Waals surface area contributed by atoms with Gasteiger partial charge in [0.25, 0.3) is 0 Å². The zero-order valence-corrected chi connectivity index (χ0v) is 37.7. The van der Waals surface area contributed by atoms with Gasteiger partial charge in [0.15, 0.2) is 0 Å². The lowest BCUT2D eigenvalue weighted by Gasteiger charge is -2.53. The second kappa shape index (κ2) is 15.3. The second-order valence-electron chi connectivity index (χ2n) is 20.0. The Balaban J connectivity index is 1.01. The third kappa shape index (κ3) is 5.82. The molecule has 1 spiro atoms. The van der Waals surface area contributed by atoms with Crippen LogP contribution >= 0.6 is 0 Å². The van der Waals surface area contributed by atoms with Gasteiger partial charge in [-0.05, 0) is 149 Å². The maximum absolute atomic E-state index is 2.61. The summed E-state index contributed by atoms with van der Waals surface area (Å²) in [6.07, 6.45) is 8.27. The van der Waals surface area contributed by atoms with Gasteiger partial charge >= 0.3 is 0 Å². The first-order valence-electron chi connectivity index (χ1n) is 24.7. The Kier molecular flexibility index (Phi) is 8.88. The minimum Gasteiger partial charge on any atom is -0.309 e. The van der Waals surface area contributed by atoms with Gasteiger partial charge in [-0.25, -0.2) is 0 Å². The molecule has 4 saturated carbocycles. The van der Waals surface area contributed by atoms with Crippen molar-refractivity contribution in [1.29, 1.82) is 0 Å². The maximum atomic E-state index is 2.61. The van der Waals surface area contributed by atoms with Crippen LogP contribution in [0.3, 0.4) is 0 Å². The highest BCUT2D eigenvalue weighted by atomic mass is 15.1. The molecule has 0 saturated heterocycles. The van der Waals surface area contributed by atoms with Gasteiger partial charge in [-0.2, -0.15) is 0 Å². The first kappa shape index (κ1) is 38.8. The molecule has 322 valence electrons. The normalized spacial score (nSPS) is 21.1. The fraction of sp³-hybridized carbons (Fsp3) is 0.169. The number of fused-ring (bicyclic) bond motifs is 7. The summed E-state index contributed by atoms with van der Waals surface area (Å²) in [7, 11) is 0. The minimum absolute atomic E-state index is 0.0485. The SMILES string of the molecule is c1ccc(-c2ccccc2-c2ccccc2-c2ccccc2N(c2ccc(-n3c4ccccc4c4ccccc43)cc2)c2cccc3c2-c2ccccc2C32C3CCC4CC(C3)CC2C4)cc1. The van der Waals surface area contributed by atoms with E-state index in [4.69, 9.17) is 0 Å². The summed E-state index contributed by atoms with van der Waals surface area (Å²) in [5.74, 6) is 3.10. The summed E-state index contributed by atoms with van der Waals surface area (Å²) in [6.45, 7) is 0. The van der Waals surface area contributed by atoms with Crippen molar-refractivity contribution >= 4 is 38.9 Å². The number of benzene rings is 9. The molecular formula is C65H52N2. The van der Waals surface area contributed by atoms with Crippen LogP contribution in [0.15, 0.2) is 218 Å². The Morgan fingerprint density at radius 1 is 0.373 bits per heavy atom. The van der Waals surface area contributed by atoms with Crippen LogP contribution in [-0.4, -0.2) is 4.57 Å². The molecule has 67 heavy (non-hydrogen) atoms. The van der Waals surface area contributed by atoms with Crippen LogP contribution in [0.1, 0.15) is 49.7 Å². The lowest BCUT2D eigenvalue weighted by atomic mass is 9.51. The summed E-state index contributed by atoms with van der Waals surface area (Å²) in [4.78, 5) is 2.61. The van der Waals surface area contributed by atoms with Gasteiger partial charge in [0.1, 0.15) is 0 Å². The zero-order valence-electron chi connectivity index (χ0n) is 37.7. The fourth-order valence-electron chi connectivity index (χ4n) is 14.3. The zero-order chi connectivity index (χ0) is 44.1. The lowest BCUT2D eigenvalue weighted by molar-refractivity contribution is 0.0618. The summed E-state index contributed by atoms with van der Waals surface area (Å²) in [5, 5.41) is 2.55. The predicted octanol–water partition coefficient (Wildman–Crippen LogP) is 17.4. The summed E-state index contributed by atoms with van der Waals surface area (Å²) in [5.41, 5.74) is 20.6. The maximum Gasteiger partial charge on any atom is 0.0543 e. The number of anilines is 3. The summed E-state index contributed by atoms with van der Waals surface area (Å²) in [6, 6.07) is 82.0. The average molecular weight is 861 g/mol. The van der Waals surface area contributed by atoms with E-state index in [9.17, 15) is 0 Å². The van der Waals surface area contributed by atoms with E-state index in [2.05, 4.69) is 228 Å². The molecule has 2 nitrogen and oxygen atoms in total. The second-order valence-corrected chi connectivity index (χ2v) is 20.0. The number of hydrogen-bond acceptors (Lipinski definition) is 1. The molecule has 0 aliphatic heterocycles. The molecule has 15 rings (SSSR count). The summed E-state index contributed by atoms with van der Waals surface area (Å²) < 4.78 is 2.43. The molecule has 2 heteroatoms. The van der Waals surface area contributed by atoms with Crippen LogP contribution in [0.4, 0.5) is 17.1 Å². The third-order valence-electron chi connectivity index (χ3n) is 16.7. The third-order valence-corrected chi connectivity index (χ3v) is 16.7. The highest BCUT2D eigenvalue weighted by Gasteiger charge is 2.60. The Hall–Kier alpha value is -7.42.